The number of anilines is 1. The molecule has 1 aliphatic carbocycles. The van der Waals surface area contributed by atoms with Gasteiger partial charge in [-0.25, -0.2) is 0 Å². The fraction of sp³-hybridized carbons (Fsp3) is 0.381. The molecule has 4 rings (SSSR count). The Bertz CT molecular complexity index is 941. The summed E-state index contributed by atoms with van der Waals surface area (Å²) in [6, 6.07) is 3.63. The van der Waals surface area contributed by atoms with Crippen LogP contribution in [0.15, 0.2) is 41.6 Å². The second-order valence-corrected chi connectivity index (χ2v) is 7.89. The molecule has 142 valence electrons. The third-order valence-electron chi connectivity index (χ3n) is 5.57. The predicted molar refractivity (Wildman–Crippen MR) is 109 cm³/mol. The van der Waals surface area contributed by atoms with Crippen molar-refractivity contribution in [1.29, 1.82) is 0 Å². The van der Waals surface area contributed by atoms with Gasteiger partial charge in [0.1, 0.15) is 5.58 Å². The van der Waals surface area contributed by atoms with Crippen LogP contribution >= 0.6 is 11.6 Å². The van der Waals surface area contributed by atoms with Gasteiger partial charge in [-0.15, -0.1) is 6.58 Å². The zero-order valence-electron chi connectivity index (χ0n) is 15.5. The average molecular weight is 386 g/mol. The molecule has 2 heterocycles. The maximum atomic E-state index is 12.7. The summed E-state index contributed by atoms with van der Waals surface area (Å²) in [5, 5.41) is 8.28. The minimum absolute atomic E-state index is 0.171. The third kappa shape index (κ3) is 2.90. The van der Waals surface area contributed by atoms with E-state index in [1.54, 1.807) is 24.1 Å². The first kappa shape index (κ1) is 18.0. The molecule has 1 fully saturated rings. The van der Waals surface area contributed by atoms with Crippen molar-refractivity contribution >= 4 is 34.2 Å². The highest BCUT2D eigenvalue weighted by molar-refractivity contribution is 6.34. The molecule has 0 bridgehead atoms. The molecule has 27 heavy (non-hydrogen) atoms. The highest BCUT2D eigenvalue weighted by Crippen LogP contribution is 2.49. The monoisotopic (exact) mass is 385 g/mol. The van der Waals surface area contributed by atoms with Gasteiger partial charge in [0.25, 0.3) is 5.91 Å². The number of carbonyl (C=O) groups is 1. The molecule has 6 heteroatoms. The van der Waals surface area contributed by atoms with E-state index in [2.05, 4.69) is 23.8 Å². The Balaban J connectivity index is 1.90. The Morgan fingerprint density at radius 3 is 2.81 bits per heavy atom. The summed E-state index contributed by atoms with van der Waals surface area (Å²) in [4.78, 5) is 14.3. The Labute approximate surface area is 164 Å². The van der Waals surface area contributed by atoms with Crippen LogP contribution in [0, 0.1) is 0 Å². The van der Waals surface area contributed by atoms with Gasteiger partial charge in [0.05, 0.1) is 22.1 Å². The fourth-order valence-electron chi connectivity index (χ4n) is 4.36. The van der Waals surface area contributed by atoms with E-state index >= 15 is 0 Å². The summed E-state index contributed by atoms with van der Waals surface area (Å²) < 4.78 is 6.12. The van der Waals surface area contributed by atoms with Gasteiger partial charge in [0.15, 0.2) is 5.76 Å². The van der Waals surface area contributed by atoms with Crippen molar-refractivity contribution in [1.82, 2.24) is 10.2 Å². The summed E-state index contributed by atoms with van der Waals surface area (Å²) in [5.74, 6) is 0.892. The maximum absolute atomic E-state index is 12.7. The Morgan fingerprint density at radius 2 is 2.11 bits per heavy atom. The van der Waals surface area contributed by atoms with E-state index in [1.165, 1.54) is 6.42 Å². The van der Waals surface area contributed by atoms with Crippen LogP contribution < -0.4 is 10.6 Å². The molecule has 1 spiro atoms. The number of halogens is 1. The number of benzene rings is 1. The molecule has 0 atom stereocenters. The molecule has 2 N–H and O–H groups in total. The molecular formula is C21H24ClN3O2. The molecule has 5 nitrogen and oxygen atoms in total. The number of furan rings is 1. The fourth-order valence-corrected chi connectivity index (χ4v) is 4.62. The van der Waals surface area contributed by atoms with Gasteiger partial charge in [0.2, 0.25) is 0 Å². The van der Waals surface area contributed by atoms with E-state index in [0.29, 0.717) is 17.3 Å². The van der Waals surface area contributed by atoms with Crippen molar-refractivity contribution in [3.05, 3.63) is 53.5 Å². The SMILES string of the molecule is C=CCN(C)C(=O)c1cc2cc(Cl)c3c(c2o1)C1(CCCCC1)NC(=C)N3. The molecule has 0 unspecified atom stereocenters. The number of nitrogens with one attached hydrogen (secondary N) is 2. The second-order valence-electron chi connectivity index (χ2n) is 7.48. The van der Waals surface area contributed by atoms with Gasteiger partial charge in [-0.3, -0.25) is 4.79 Å². The second kappa shape index (κ2) is 6.64. The van der Waals surface area contributed by atoms with E-state index < -0.39 is 0 Å². The van der Waals surface area contributed by atoms with Crippen molar-refractivity contribution in [2.45, 2.75) is 37.6 Å². The van der Waals surface area contributed by atoms with Crippen molar-refractivity contribution in [2.24, 2.45) is 0 Å². The van der Waals surface area contributed by atoms with Gasteiger partial charge >= 0.3 is 0 Å². The van der Waals surface area contributed by atoms with Gasteiger partial charge in [-0.2, -0.15) is 0 Å². The molecule has 1 amide bonds. The Kier molecular flexibility index (Phi) is 4.42. The largest absolute Gasteiger partial charge is 0.450 e. The Morgan fingerprint density at radius 1 is 1.37 bits per heavy atom. The zero-order valence-corrected chi connectivity index (χ0v) is 16.3. The number of nitrogens with zero attached hydrogens (tertiary/aromatic N) is 1. The first-order chi connectivity index (χ1) is 12.9. The smallest absolute Gasteiger partial charge is 0.289 e. The van der Waals surface area contributed by atoms with Crippen LogP contribution in [0.3, 0.4) is 0 Å². The number of amides is 1. The Hall–Kier alpha value is -2.40. The lowest BCUT2D eigenvalue weighted by molar-refractivity contribution is 0.0781. The van der Waals surface area contributed by atoms with Gasteiger partial charge in [-0.05, 0) is 25.0 Å². The van der Waals surface area contributed by atoms with Crippen LogP contribution in [0.2, 0.25) is 5.02 Å². The van der Waals surface area contributed by atoms with E-state index in [1.807, 2.05) is 6.07 Å². The molecule has 1 aromatic heterocycles. The highest BCUT2D eigenvalue weighted by Gasteiger charge is 2.42. The summed E-state index contributed by atoms with van der Waals surface area (Å²) in [5.41, 5.74) is 2.31. The van der Waals surface area contributed by atoms with Crippen molar-refractivity contribution in [3.8, 4) is 0 Å². The van der Waals surface area contributed by atoms with Crippen LogP contribution in [0.4, 0.5) is 5.69 Å². The van der Waals surface area contributed by atoms with Gasteiger partial charge in [0, 0.05) is 24.5 Å². The maximum Gasteiger partial charge on any atom is 0.289 e. The average Bonchev–Trinajstić information content (AvgIpc) is 3.05. The number of fused-ring (bicyclic) bond motifs is 4. The van der Waals surface area contributed by atoms with Crippen LogP contribution in [0.5, 0.6) is 0 Å². The first-order valence-corrected chi connectivity index (χ1v) is 9.70. The van der Waals surface area contributed by atoms with Crippen molar-refractivity contribution in [2.75, 3.05) is 18.9 Å². The summed E-state index contributed by atoms with van der Waals surface area (Å²) in [7, 11) is 1.73. The lowest BCUT2D eigenvalue weighted by atomic mass is 9.74. The van der Waals surface area contributed by atoms with Crippen LogP contribution in [0.1, 0.15) is 48.2 Å². The molecule has 1 saturated carbocycles. The molecule has 0 radical (unpaired) electrons. The quantitative estimate of drug-likeness (QED) is 0.731. The van der Waals surface area contributed by atoms with E-state index in [9.17, 15) is 4.79 Å². The molecule has 1 aromatic carbocycles. The minimum Gasteiger partial charge on any atom is -0.450 e. The van der Waals surface area contributed by atoms with Gasteiger partial charge < -0.3 is 20.0 Å². The number of likely N-dealkylation sites (N-methyl/N-ethyl adjacent to an activating group) is 1. The summed E-state index contributed by atoms with van der Waals surface area (Å²) >= 11 is 6.61. The van der Waals surface area contributed by atoms with Crippen LogP contribution in [-0.2, 0) is 5.54 Å². The molecule has 1 aliphatic heterocycles. The first-order valence-electron chi connectivity index (χ1n) is 9.32. The van der Waals surface area contributed by atoms with E-state index in [4.69, 9.17) is 16.0 Å². The molecular weight excluding hydrogens is 362 g/mol. The summed E-state index contributed by atoms with van der Waals surface area (Å²) in [6.45, 7) is 8.23. The van der Waals surface area contributed by atoms with Crippen molar-refractivity contribution < 1.29 is 9.21 Å². The minimum atomic E-state index is -0.260. The third-order valence-corrected chi connectivity index (χ3v) is 5.87. The highest BCUT2D eigenvalue weighted by atomic mass is 35.5. The zero-order chi connectivity index (χ0) is 19.2. The normalized spacial score (nSPS) is 17.9. The van der Waals surface area contributed by atoms with E-state index in [0.717, 1.165) is 53.7 Å². The van der Waals surface area contributed by atoms with Crippen molar-refractivity contribution in [3.63, 3.8) is 0 Å². The molecule has 2 aliphatic rings. The lowest BCUT2D eigenvalue weighted by Crippen LogP contribution is -2.48. The predicted octanol–water partition coefficient (Wildman–Crippen LogP) is 4.99. The standard InChI is InChI=1S/C21H24ClN3O2/c1-4-10-25(3)20(26)16-12-14-11-15(22)18-17(19(14)27-16)21(24-13(2)23-18)8-6-5-7-9-21/h4,11-12,23-24H,1-2,5-10H2,3H3. The lowest BCUT2D eigenvalue weighted by Gasteiger charge is -2.44. The topological polar surface area (TPSA) is 57.5 Å². The molecule has 2 aromatic rings. The number of hydrogen-bond acceptors (Lipinski definition) is 4. The number of carbonyl (C=O) groups excluding carboxylic acids is 1. The number of rotatable bonds is 3. The van der Waals surface area contributed by atoms with Crippen LogP contribution in [0.25, 0.3) is 11.0 Å². The summed E-state index contributed by atoms with van der Waals surface area (Å²) in [6.07, 6.45) is 7.13. The number of hydrogen-bond donors (Lipinski definition) is 2. The van der Waals surface area contributed by atoms with Gasteiger partial charge in [-0.1, -0.05) is 43.5 Å². The molecule has 0 saturated heterocycles. The van der Waals surface area contributed by atoms with E-state index in [-0.39, 0.29) is 11.4 Å². The van der Waals surface area contributed by atoms with Crippen LogP contribution in [-0.4, -0.2) is 24.4 Å².